The summed E-state index contributed by atoms with van der Waals surface area (Å²) < 4.78 is 4.27. The Balaban J connectivity index is 0. The Labute approximate surface area is 78.9 Å². The summed E-state index contributed by atoms with van der Waals surface area (Å²) >= 11 is 0. The van der Waals surface area contributed by atoms with Crippen molar-refractivity contribution in [3.05, 3.63) is 12.2 Å². The molecule has 0 heterocycles. The molecule has 0 unspecified atom stereocenters. The zero-order chi connectivity index (χ0) is 5.86. The van der Waals surface area contributed by atoms with Crippen LogP contribution in [0.2, 0.25) is 0 Å². The molecule has 0 aromatic heterocycles. The molecule has 0 amide bonds. The van der Waals surface area contributed by atoms with Crippen LogP contribution in [-0.4, -0.2) is 13.1 Å². The van der Waals surface area contributed by atoms with Gasteiger partial charge in [0.15, 0.2) is 0 Å². The Morgan fingerprint density at radius 1 is 1.62 bits per heavy atom. The number of hydrogen-bond donors (Lipinski definition) is 0. The summed E-state index contributed by atoms with van der Waals surface area (Å²) in [6.07, 6.45) is 0. The number of ether oxygens (including phenoxy) is 1. The molecule has 0 saturated carbocycles. The molecule has 0 aliphatic heterocycles. The van der Waals surface area contributed by atoms with Gasteiger partial charge in [-0.25, -0.2) is 4.79 Å². The summed E-state index contributed by atoms with van der Waals surface area (Å²) in [5.41, 5.74) is 0.433. The van der Waals surface area contributed by atoms with Gasteiger partial charge in [-0.1, -0.05) is 6.58 Å². The number of rotatable bonds is 1. The van der Waals surface area contributed by atoms with E-state index in [0.29, 0.717) is 5.57 Å². The van der Waals surface area contributed by atoms with Gasteiger partial charge < -0.3 is 4.74 Å². The maximum atomic E-state index is 10.2. The van der Waals surface area contributed by atoms with E-state index in [2.05, 4.69) is 11.3 Å². The second-order valence-corrected chi connectivity index (χ2v) is 1.27. The molecule has 0 radical (unpaired) electrons. The second kappa shape index (κ2) is 5.60. The Morgan fingerprint density at radius 2 is 2.00 bits per heavy atom. The van der Waals surface area contributed by atoms with Crippen LogP contribution in [0.4, 0.5) is 0 Å². The molecule has 0 rings (SSSR count). The summed E-state index contributed by atoms with van der Waals surface area (Å²) in [4.78, 5) is 10.2. The molecular weight excluding hydrogens is 132 g/mol. The average Bonchev–Trinajstić information content (AvgIpc) is 1.65. The molecule has 0 atom stereocenters. The third-order valence-corrected chi connectivity index (χ3v) is 0.534. The van der Waals surface area contributed by atoms with Crippen LogP contribution in [0.15, 0.2) is 12.2 Å². The van der Waals surface area contributed by atoms with Gasteiger partial charge in [0.2, 0.25) is 0 Å². The summed E-state index contributed by atoms with van der Waals surface area (Å²) in [6.45, 7) is 4.95. The van der Waals surface area contributed by atoms with Gasteiger partial charge in [-0.15, -0.1) is 0 Å². The van der Waals surface area contributed by atoms with Crippen LogP contribution in [-0.2, 0) is 9.53 Å². The molecule has 0 bridgehead atoms. The van der Waals surface area contributed by atoms with Crippen LogP contribution in [0.1, 0.15) is 6.92 Å². The Hall–Kier alpha value is 0.470. The van der Waals surface area contributed by atoms with Crippen molar-refractivity contribution in [1.82, 2.24) is 0 Å². The van der Waals surface area contributed by atoms with E-state index in [0.717, 1.165) is 0 Å². The molecule has 0 aliphatic carbocycles. The van der Waals surface area contributed by atoms with E-state index in [9.17, 15) is 4.79 Å². The Kier molecular flexibility index (Phi) is 7.91. The van der Waals surface area contributed by atoms with Crippen molar-refractivity contribution >= 4 is 5.97 Å². The molecule has 0 aliphatic rings. The summed E-state index contributed by atoms with van der Waals surface area (Å²) in [5, 5.41) is 0. The molecule has 0 spiro atoms. The maximum Gasteiger partial charge on any atom is 0.332 e. The van der Waals surface area contributed by atoms with Gasteiger partial charge in [0.25, 0.3) is 0 Å². The summed E-state index contributed by atoms with van der Waals surface area (Å²) in [6, 6.07) is 0. The molecule has 0 saturated heterocycles. The normalized spacial score (nSPS) is 6.75. The molecule has 0 N–H and O–H groups in total. The Bertz CT molecular complexity index is 98.6. The SMILES string of the molecule is C=C(C)C(=O)OC.[Ar]. The average molecular weight is 140 g/mol. The van der Waals surface area contributed by atoms with Crippen molar-refractivity contribution in [2.45, 2.75) is 6.92 Å². The van der Waals surface area contributed by atoms with Crippen molar-refractivity contribution in [2.24, 2.45) is 0 Å². The molecule has 8 heavy (non-hydrogen) atoms. The van der Waals surface area contributed by atoms with E-state index in [1.54, 1.807) is 6.92 Å². The van der Waals surface area contributed by atoms with Gasteiger partial charge >= 0.3 is 5.97 Å². The van der Waals surface area contributed by atoms with Crippen LogP contribution >= 0.6 is 0 Å². The minimum absolute atomic E-state index is 0. The maximum absolute atomic E-state index is 10.2. The molecule has 48 valence electrons. The fraction of sp³-hybridized carbons (Fsp3) is 0.400. The molecule has 0 fully saturated rings. The number of hydrogen-bond acceptors (Lipinski definition) is 2. The van der Waals surface area contributed by atoms with E-state index in [1.807, 2.05) is 0 Å². The number of carbonyl (C=O) groups excluding carboxylic acids is 1. The third kappa shape index (κ3) is 4.62. The van der Waals surface area contributed by atoms with Crippen molar-refractivity contribution < 1.29 is 47.3 Å². The minimum atomic E-state index is -0.347. The predicted octanol–water partition coefficient (Wildman–Crippen LogP) is 0.736. The van der Waals surface area contributed by atoms with Crippen molar-refractivity contribution in [3.8, 4) is 0 Å². The summed E-state index contributed by atoms with van der Waals surface area (Å²) in [5.74, 6) is -0.347. The zero-order valence-corrected chi connectivity index (χ0v) is 5.58. The van der Waals surface area contributed by atoms with Crippen molar-refractivity contribution in [2.75, 3.05) is 7.11 Å². The quantitative estimate of drug-likeness (QED) is 0.396. The largest absolute Gasteiger partial charge is 0.466 e. The van der Waals surface area contributed by atoms with Gasteiger partial charge in [0, 0.05) is 43.3 Å². The van der Waals surface area contributed by atoms with Crippen LogP contribution in [0, 0.1) is 37.7 Å². The molecular formula is C5H8ArO2. The number of esters is 1. The van der Waals surface area contributed by atoms with Crippen molar-refractivity contribution in [3.63, 3.8) is 0 Å². The predicted molar refractivity (Wildman–Crippen MR) is 26.8 cm³/mol. The Morgan fingerprint density at radius 3 is 2.00 bits per heavy atom. The molecule has 2 nitrogen and oxygen atoms in total. The van der Waals surface area contributed by atoms with Crippen LogP contribution in [0.5, 0.6) is 0 Å². The zero-order valence-electron chi connectivity index (χ0n) is 4.88. The van der Waals surface area contributed by atoms with Crippen LogP contribution in [0.3, 0.4) is 0 Å². The molecule has 0 aromatic carbocycles. The third-order valence-electron chi connectivity index (χ3n) is 0.534. The molecule has 0 aromatic rings. The van der Waals surface area contributed by atoms with E-state index >= 15 is 0 Å². The number of carbonyl (C=O) groups is 1. The minimum Gasteiger partial charge on any atom is -0.466 e. The monoisotopic (exact) mass is 140 g/mol. The fourth-order valence-electron chi connectivity index (χ4n) is 0.174. The molecule has 3 heteroatoms. The van der Waals surface area contributed by atoms with Gasteiger partial charge in [-0.2, -0.15) is 0 Å². The van der Waals surface area contributed by atoms with Crippen LogP contribution in [0.25, 0.3) is 0 Å². The first kappa shape index (κ1) is 11.3. The first-order valence-corrected chi connectivity index (χ1v) is 1.92. The van der Waals surface area contributed by atoms with Gasteiger partial charge in [0.1, 0.15) is 0 Å². The number of methoxy groups -OCH3 is 1. The van der Waals surface area contributed by atoms with Gasteiger partial charge in [0.05, 0.1) is 7.11 Å². The van der Waals surface area contributed by atoms with Crippen molar-refractivity contribution in [1.29, 1.82) is 0 Å². The van der Waals surface area contributed by atoms with E-state index in [-0.39, 0.29) is 43.7 Å². The fourth-order valence-corrected chi connectivity index (χ4v) is 0.174. The topological polar surface area (TPSA) is 26.3 Å². The van der Waals surface area contributed by atoms with E-state index < -0.39 is 0 Å². The van der Waals surface area contributed by atoms with Gasteiger partial charge in [-0.3, -0.25) is 0 Å². The first-order chi connectivity index (χ1) is 3.18. The van der Waals surface area contributed by atoms with Crippen LogP contribution < -0.4 is 0 Å². The smallest absolute Gasteiger partial charge is 0.332 e. The summed E-state index contributed by atoms with van der Waals surface area (Å²) in [7, 11) is 1.33. The standard InChI is InChI=1S/C5H8O2.Ar/c1-4(2)5(6)7-3;/h1H2,2-3H3;. The second-order valence-electron chi connectivity index (χ2n) is 1.27. The van der Waals surface area contributed by atoms with Gasteiger partial charge in [-0.05, 0) is 6.92 Å². The van der Waals surface area contributed by atoms with E-state index in [4.69, 9.17) is 0 Å². The van der Waals surface area contributed by atoms with E-state index in [1.165, 1.54) is 7.11 Å². The first-order valence-electron chi connectivity index (χ1n) is 1.92.